The number of hydrogen-bond acceptors (Lipinski definition) is 5. The average molecular weight is 309 g/mol. The van der Waals surface area contributed by atoms with E-state index < -0.39 is 0 Å². The maximum absolute atomic E-state index is 12.7. The molecule has 0 N–H and O–H groups in total. The van der Waals surface area contributed by atoms with E-state index in [2.05, 4.69) is 10.1 Å². The Bertz CT molecular complexity index is 828. The highest BCUT2D eigenvalue weighted by Gasteiger charge is 2.19. The standard InChI is InChI=1S/C17H15N3O3/c1-22-14-10-6-9-13(11-14)15-18-17(23-2)19-20(15)16(21)12-7-4-3-5-8-12/h3-11H,1-2H3. The van der Waals surface area contributed by atoms with Crippen molar-refractivity contribution in [3.05, 3.63) is 60.2 Å². The molecule has 0 saturated carbocycles. The Hall–Kier alpha value is -3.15. The smallest absolute Gasteiger partial charge is 0.336 e. The van der Waals surface area contributed by atoms with Crippen molar-refractivity contribution in [3.63, 3.8) is 0 Å². The van der Waals surface area contributed by atoms with Gasteiger partial charge in [-0.1, -0.05) is 30.3 Å². The first-order valence-electron chi connectivity index (χ1n) is 6.98. The molecule has 0 radical (unpaired) electrons. The Kier molecular flexibility index (Phi) is 4.05. The molecule has 0 aliphatic rings. The molecule has 3 rings (SSSR count). The minimum atomic E-state index is -0.279. The van der Waals surface area contributed by atoms with E-state index in [4.69, 9.17) is 9.47 Å². The van der Waals surface area contributed by atoms with Gasteiger partial charge in [0, 0.05) is 11.1 Å². The monoisotopic (exact) mass is 309 g/mol. The van der Waals surface area contributed by atoms with E-state index in [0.29, 0.717) is 22.7 Å². The highest BCUT2D eigenvalue weighted by molar-refractivity contribution is 5.97. The Labute approximate surface area is 133 Å². The third kappa shape index (κ3) is 2.91. The zero-order valence-electron chi connectivity index (χ0n) is 12.8. The van der Waals surface area contributed by atoms with Gasteiger partial charge in [0.2, 0.25) is 0 Å². The zero-order valence-corrected chi connectivity index (χ0v) is 12.8. The average Bonchev–Trinajstić information content (AvgIpc) is 3.06. The lowest BCUT2D eigenvalue weighted by Gasteiger charge is -2.06. The van der Waals surface area contributed by atoms with Gasteiger partial charge in [-0.2, -0.15) is 9.67 Å². The van der Waals surface area contributed by atoms with Crippen LogP contribution in [-0.4, -0.2) is 34.9 Å². The number of rotatable bonds is 4. The van der Waals surface area contributed by atoms with E-state index in [1.54, 1.807) is 37.4 Å². The number of nitrogens with zero attached hydrogens (tertiary/aromatic N) is 3. The molecule has 0 unspecified atom stereocenters. The minimum Gasteiger partial charge on any atom is -0.497 e. The molecular weight excluding hydrogens is 294 g/mol. The summed E-state index contributed by atoms with van der Waals surface area (Å²) in [5, 5.41) is 4.13. The predicted octanol–water partition coefficient (Wildman–Crippen LogP) is 2.65. The normalized spacial score (nSPS) is 10.3. The Morgan fingerprint density at radius 1 is 1.00 bits per heavy atom. The van der Waals surface area contributed by atoms with Crippen LogP contribution in [0.5, 0.6) is 11.8 Å². The fraction of sp³-hybridized carbons (Fsp3) is 0.118. The fourth-order valence-electron chi connectivity index (χ4n) is 2.17. The van der Waals surface area contributed by atoms with E-state index in [9.17, 15) is 4.79 Å². The van der Waals surface area contributed by atoms with Crippen molar-refractivity contribution in [2.24, 2.45) is 0 Å². The van der Waals surface area contributed by atoms with E-state index in [1.807, 2.05) is 24.3 Å². The van der Waals surface area contributed by atoms with Gasteiger partial charge >= 0.3 is 6.01 Å². The second kappa shape index (κ2) is 6.31. The summed E-state index contributed by atoms with van der Waals surface area (Å²) in [6.07, 6.45) is 0. The summed E-state index contributed by atoms with van der Waals surface area (Å²) in [7, 11) is 3.04. The van der Waals surface area contributed by atoms with Crippen molar-refractivity contribution < 1.29 is 14.3 Å². The van der Waals surface area contributed by atoms with Crippen LogP contribution in [0.3, 0.4) is 0 Å². The minimum absolute atomic E-state index is 0.132. The third-order valence-electron chi connectivity index (χ3n) is 3.31. The van der Waals surface area contributed by atoms with Gasteiger partial charge in [-0.05, 0) is 24.3 Å². The van der Waals surface area contributed by atoms with Crippen LogP contribution in [0, 0.1) is 0 Å². The first-order chi connectivity index (χ1) is 11.2. The topological polar surface area (TPSA) is 66.2 Å². The molecule has 0 saturated heterocycles. The number of carbonyl (C=O) groups is 1. The van der Waals surface area contributed by atoms with Gasteiger partial charge in [0.05, 0.1) is 14.2 Å². The SMILES string of the molecule is COc1cccc(-c2nc(OC)nn2C(=O)c2ccccc2)c1. The molecule has 0 fully saturated rings. The van der Waals surface area contributed by atoms with Gasteiger partial charge in [0.25, 0.3) is 5.91 Å². The molecule has 0 amide bonds. The molecule has 6 nitrogen and oxygen atoms in total. The first-order valence-corrected chi connectivity index (χ1v) is 6.98. The summed E-state index contributed by atoms with van der Waals surface area (Å²) in [4.78, 5) is 17.0. The highest BCUT2D eigenvalue weighted by Crippen LogP contribution is 2.24. The second-order valence-electron chi connectivity index (χ2n) is 4.74. The van der Waals surface area contributed by atoms with Gasteiger partial charge in [-0.25, -0.2) is 0 Å². The molecule has 0 atom stereocenters. The van der Waals surface area contributed by atoms with Crippen molar-refractivity contribution in [2.75, 3.05) is 14.2 Å². The maximum atomic E-state index is 12.7. The van der Waals surface area contributed by atoms with Crippen LogP contribution < -0.4 is 9.47 Å². The van der Waals surface area contributed by atoms with Crippen molar-refractivity contribution in [1.82, 2.24) is 14.8 Å². The van der Waals surface area contributed by atoms with E-state index in [1.165, 1.54) is 11.8 Å². The fourth-order valence-corrected chi connectivity index (χ4v) is 2.17. The molecule has 23 heavy (non-hydrogen) atoms. The molecule has 3 aromatic rings. The van der Waals surface area contributed by atoms with Crippen LogP contribution in [0.1, 0.15) is 10.4 Å². The predicted molar refractivity (Wildman–Crippen MR) is 84.7 cm³/mol. The lowest BCUT2D eigenvalue weighted by atomic mass is 10.2. The molecule has 6 heteroatoms. The maximum Gasteiger partial charge on any atom is 0.336 e. The lowest BCUT2D eigenvalue weighted by Crippen LogP contribution is -2.15. The Balaban J connectivity index is 2.10. The van der Waals surface area contributed by atoms with Crippen LogP contribution >= 0.6 is 0 Å². The molecule has 116 valence electrons. The summed E-state index contributed by atoms with van der Waals surface area (Å²) in [5.74, 6) is 0.789. The Morgan fingerprint density at radius 3 is 2.48 bits per heavy atom. The number of carbonyl (C=O) groups excluding carboxylic acids is 1. The summed E-state index contributed by atoms with van der Waals surface area (Å²) in [6.45, 7) is 0. The summed E-state index contributed by atoms with van der Waals surface area (Å²) < 4.78 is 11.5. The number of methoxy groups -OCH3 is 2. The molecule has 2 aromatic carbocycles. The summed E-state index contributed by atoms with van der Waals surface area (Å²) >= 11 is 0. The number of aromatic nitrogens is 3. The highest BCUT2D eigenvalue weighted by atomic mass is 16.5. The number of benzene rings is 2. The molecule has 0 bridgehead atoms. The van der Waals surface area contributed by atoms with Crippen molar-refractivity contribution in [1.29, 1.82) is 0 Å². The summed E-state index contributed by atoms with van der Waals surface area (Å²) in [6, 6.07) is 16.3. The third-order valence-corrected chi connectivity index (χ3v) is 3.31. The van der Waals surface area contributed by atoms with Crippen LogP contribution in [-0.2, 0) is 0 Å². The van der Waals surface area contributed by atoms with Crippen molar-refractivity contribution in [3.8, 4) is 23.1 Å². The molecule has 0 aliphatic carbocycles. The van der Waals surface area contributed by atoms with Gasteiger partial charge in [0.1, 0.15) is 5.75 Å². The van der Waals surface area contributed by atoms with Crippen LogP contribution in [0.15, 0.2) is 54.6 Å². The largest absolute Gasteiger partial charge is 0.497 e. The van der Waals surface area contributed by atoms with E-state index in [0.717, 1.165) is 0 Å². The molecular formula is C17H15N3O3. The van der Waals surface area contributed by atoms with Crippen LogP contribution in [0.4, 0.5) is 0 Å². The van der Waals surface area contributed by atoms with Gasteiger partial charge in [-0.3, -0.25) is 4.79 Å². The Morgan fingerprint density at radius 2 is 1.78 bits per heavy atom. The number of ether oxygens (including phenoxy) is 2. The molecule has 0 aliphatic heterocycles. The first kappa shape index (κ1) is 14.8. The summed E-state index contributed by atoms with van der Waals surface area (Å²) in [5.41, 5.74) is 1.23. The zero-order chi connectivity index (χ0) is 16.2. The van der Waals surface area contributed by atoms with Gasteiger partial charge in [-0.15, -0.1) is 5.10 Å². The van der Waals surface area contributed by atoms with Crippen molar-refractivity contribution in [2.45, 2.75) is 0 Å². The van der Waals surface area contributed by atoms with Gasteiger partial charge in [0.15, 0.2) is 5.82 Å². The molecule has 0 spiro atoms. The molecule has 1 aromatic heterocycles. The second-order valence-corrected chi connectivity index (χ2v) is 4.74. The van der Waals surface area contributed by atoms with Crippen molar-refractivity contribution >= 4 is 5.91 Å². The van der Waals surface area contributed by atoms with Gasteiger partial charge < -0.3 is 9.47 Å². The van der Waals surface area contributed by atoms with E-state index >= 15 is 0 Å². The van der Waals surface area contributed by atoms with E-state index in [-0.39, 0.29) is 11.9 Å². The number of hydrogen-bond donors (Lipinski definition) is 0. The molecule has 1 heterocycles. The van der Waals surface area contributed by atoms with Crippen LogP contribution in [0.25, 0.3) is 11.4 Å². The lowest BCUT2D eigenvalue weighted by molar-refractivity contribution is 0.0945. The van der Waals surface area contributed by atoms with Crippen LogP contribution in [0.2, 0.25) is 0 Å². The quantitative estimate of drug-likeness (QED) is 0.741.